The topological polar surface area (TPSA) is 46.5 Å². The van der Waals surface area contributed by atoms with Crippen molar-refractivity contribution in [2.75, 3.05) is 0 Å². The smallest absolute Gasteiger partial charge is 0.152 e. The van der Waals surface area contributed by atoms with Crippen LogP contribution in [0.1, 0.15) is 18.5 Å². The third kappa shape index (κ3) is 1.02. The molecule has 0 radical (unpaired) electrons. The summed E-state index contributed by atoms with van der Waals surface area (Å²) in [5, 5.41) is 7.84. The second kappa shape index (κ2) is 3.04. The van der Waals surface area contributed by atoms with E-state index < -0.39 is 0 Å². The average molecular weight is 215 g/mol. The molecule has 16 heavy (non-hydrogen) atoms. The summed E-state index contributed by atoms with van der Waals surface area (Å²) in [4.78, 5) is 9.93. The third-order valence-corrected chi connectivity index (χ3v) is 3.92. The van der Waals surface area contributed by atoms with Crippen LogP contribution in [0.2, 0.25) is 0 Å². The molecule has 0 amide bonds. The van der Waals surface area contributed by atoms with Gasteiger partial charge >= 0.3 is 0 Å². The molecule has 2 fully saturated rings. The number of rotatable bonds is 1. The molecule has 0 saturated carbocycles. The minimum absolute atomic E-state index is 0.246. The van der Waals surface area contributed by atoms with Gasteiger partial charge in [0, 0.05) is 18.3 Å². The van der Waals surface area contributed by atoms with Crippen LogP contribution in [0, 0.1) is 5.92 Å². The first-order valence-electron chi connectivity index (χ1n) is 5.84. The van der Waals surface area contributed by atoms with Crippen molar-refractivity contribution in [1.82, 2.24) is 10.3 Å². The van der Waals surface area contributed by atoms with E-state index in [2.05, 4.69) is 15.5 Å². The van der Waals surface area contributed by atoms with E-state index in [4.69, 9.17) is 4.84 Å². The maximum atomic E-state index is 5.56. The lowest BCUT2D eigenvalue weighted by molar-refractivity contribution is 0.0505. The second-order valence-electron chi connectivity index (χ2n) is 4.74. The van der Waals surface area contributed by atoms with Crippen molar-refractivity contribution in [1.29, 1.82) is 0 Å². The molecule has 0 spiro atoms. The van der Waals surface area contributed by atoms with Gasteiger partial charge in [-0.1, -0.05) is 11.2 Å². The average Bonchev–Trinajstić information content (AvgIpc) is 3.03. The quantitative estimate of drug-likeness (QED) is 0.758. The molecular weight excluding hydrogens is 202 g/mol. The largest absolute Gasteiger partial charge is 0.390 e. The fourth-order valence-electron chi connectivity index (χ4n) is 3.22. The molecular formula is C12H13N3O. The fraction of sp³-hybridized carbons (Fsp3) is 0.500. The summed E-state index contributed by atoms with van der Waals surface area (Å²) in [5.74, 6) is 0.411. The monoisotopic (exact) mass is 215 g/mol. The standard InChI is InChI=1S/C12H13N3O/c1-2-6-13-8(3-1)11-10-7-4-5-9(14-7)12(10)16-15-11/h1-3,6-7,9-10,12,14H,4-5H2. The predicted molar refractivity (Wildman–Crippen MR) is 59.1 cm³/mol. The van der Waals surface area contributed by atoms with Gasteiger partial charge in [-0.3, -0.25) is 4.98 Å². The van der Waals surface area contributed by atoms with Crippen LogP contribution < -0.4 is 5.32 Å². The van der Waals surface area contributed by atoms with Crippen LogP contribution in [-0.2, 0) is 4.84 Å². The van der Waals surface area contributed by atoms with E-state index in [0.29, 0.717) is 18.0 Å². The van der Waals surface area contributed by atoms with Crippen LogP contribution in [-0.4, -0.2) is 28.9 Å². The minimum atomic E-state index is 0.246. The summed E-state index contributed by atoms with van der Waals surface area (Å²) in [6.45, 7) is 0. The van der Waals surface area contributed by atoms with Gasteiger partial charge in [-0.05, 0) is 25.0 Å². The molecule has 3 aliphatic heterocycles. The van der Waals surface area contributed by atoms with E-state index in [0.717, 1.165) is 11.4 Å². The van der Waals surface area contributed by atoms with Gasteiger partial charge < -0.3 is 10.2 Å². The Kier molecular flexibility index (Phi) is 1.65. The summed E-state index contributed by atoms with van der Waals surface area (Å²) >= 11 is 0. The Morgan fingerprint density at radius 2 is 2.19 bits per heavy atom. The maximum absolute atomic E-state index is 5.56. The summed E-state index contributed by atoms with van der Waals surface area (Å²) in [6, 6.07) is 6.98. The number of nitrogens with one attached hydrogen (secondary N) is 1. The summed E-state index contributed by atoms with van der Waals surface area (Å²) in [6.07, 6.45) is 4.51. The minimum Gasteiger partial charge on any atom is -0.390 e. The van der Waals surface area contributed by atoms with Crippen molar-refractivity contribution in [2.24, 2.45) is 11.1 Å². The predicted octanol–water partition coefficient (Wildman–Crippen LogP) is 0.935. The Morgan fingerprint density at radius 3 is 3.06 bits per heavy atom. The van der Waals surface area contributed by atoms with E-state index in [9.17, 15) is 0 Å². The number of nitrogens with zero attached hydrogens (tertiary/aromatic N) is 2. The molecule has 0 aliphatic carbocycles. The second-order valence-corrected chi connectivity index (χ2v) is 4.74. The molecule has 1 N–H and O–H groups in total. The molecule has 2 saturated heterocycles. The molecule has 82 valence electrons. The number of hydrogen-bond acceptors (Lipinski definition) is 4. The highest BCUT2D eigenvalue weighted by atomic mass is 16.6. The molecule has 2 bridgehead atoms. The maximum Gasteiger partial charge on any atom is 0.152 e. The lowest BCUT2D eigenvalue weighted by Crippen LogP contribution is -2.34. The first-order chi connectivity index (χ1) is 7.93. The molecule has 1 aromatic heterocycles. The van der Waals surface area contributed by atoms with Crippen molar-refractivity contribution >= 4 is 5.71 Å². The van der Waals surface area contributed by atoms with Gasteiger partial charge in [-0.15, -0.1) is 0 Å². The Bertz CT molecular complexity index is 445. The van der Waals surface area contributed by atoms with Gasteiger partial charge in [0.05, 0.1) is 11.6 Å². The van der Waals surface area contributed by atoms with Crippen LogP contribution in [0.4, 0.5) is 0 Å². The highest BCUT2D eigenvalue weighted by molar-refractivity contribution is 6.02. The number of pyridine rings is 1. The highest BCUT2D eigenvalue weighted by Crippen LogP contribution is 2.40. The third-order valence-electron chi connectivity index (χ3n) is 3.92. The number of oxime groups is 1. The molecule has 1 aromatic rings. The van der Waals surface area contributed by atoms with Crippen molar-refractivity contribution in [3.63, 3.8) is 0 Å². The number of fused-ring (bicyclic) bond motifs is 5. The fourth-order valence-corrected chi connectivity index (χ4v) is 3.22. The summed E-state index contributed by atoms with van der Waals surface area (Å²) in [7, 11) is 0. The summed E-state index contributed by atoms with van der Waals surface area (Å²) < 4.78 is 0. The van der Waals surface area contributed by atoms with Crippen molar-refractivity contribution in [3.05, 3.63) is 30.1 Å². The normalized spacial score (nSPS) is 39.4. The van der Waals surface area contributed by atoms with Crippen LogP contribution in [0.15, 0.2) is 29.6 Å². The zero-order valence-corrected chi connectivity index (χ0v) is 8.84. The first kappa shape index (κ1) is 8.70. The van der Waals surface area contributed by atoms with Gasteiger partial charge in [0.1, 0.15) is 5.71 Å². The molecule has 4 heteroatoms. The van der Waals surface area contributed by atoms with Crippen LogP contribution in [0.25, 0.3) is 0 Å². The SMILES string of the molecule is c1ccc(C2=NOC3C4CCC(N4)C23)nc1. The first-order valence-corrected chi connectivity index (χ1v) is 5.84. The summed E-state index contributed by atoms with van der Waals surface area (Å²) in [5.41, 5.74) is 2.00. The Hall–Kier alpha value is -1.42. The van der Waals surface area contributed by atoms with Crippen molar-refractivity contribution < 1.29 is 4.84 Å². The Morgan fingerprint density at radius 1 is 1.25 bits per heavy atom. The van der Waals surface area contributed by atoms with Gasteiger partial charge in [0.15, 0.2) is 6.10 Å². The molecule has 4 nitrogen and oxygen atoms in total. The number of aromatic nitrogens is 1. The molecule has 4 heterocycles. The molecule has 3 aliphatic rings. The van der Waals surface area contributed by atoms with E-state index in [1.54, 1.807) is 0 Å². The van der Waals surface area contributed by atoms with Crippen LogP contribution >= 0.6 is 0 Å². The lowest BCUT2D eigenvalue weighted by atomic mass is 9.83. The number of hydrogen-bond donors (Lipinski definition) is 1. The van der Waals surface area contributed by atoms with E-state index in [-0.39, 0.29) is 6.10 Å². The van der Waals surface area contributed by atoms with Crippen LogP contribution in [0.3, 0.4) is 0 Å². The highest BCUT2D eigenvalue weighted by Gasteiger charge is 2.54. The Balaban J connectivity index is 1.72. The molecule has 4 rings (SSSR count). The lowest BCUT2D eigenvalue weighted by Gasteiger charge is -2.20. The van der Waals surface area contributed by atoms with Gasteiger partial charge in [-0.25, -0.2) is 0 Å². The van der Waals surface area contributed by atoms with Crippen molar-refractivity contribution in [3.8, 4) is 0 Å². The Labute approximate surface area is 93.7 Å². The van der Waals surface area contributed by atoms with Crippen molar-refractivity contribution in [2.45, 2.75) is 31.0 Å². The van der Waals surface area contributed by atoms with E-state index >= 15 is 0 Å². The zero-order chi connectivity index (χ0) is 10.5. The molecule has 4 unspecified atom stereocenters. The van der Waals surface area contributed by atoms with Crippen LogP contribution in [0.5, 0.6) is 0 Å². The van der Waals surface area contributed by atoms with E-state index in [1.165, 1.54) is 12.8 Å². The van der Waals surface area contributed by atoms with Gasteiger partial charge in [0.2, 0.25) is 0 Å². The molecule has 4 atom stereocenters. The zero-order valence-electron chi connectivity index (χ0n) is 8.84. The van der Waals surface area contributed by atoms with Gasteiger partial charge in [0.25, 0.3) is 0 Å². The van der Waals surface area contributed by atoms with E-state index in [1.807, 2.05) is 24.4 Å². The molecule has 0 aromatic carbocycles. The van der Waals surface area contributed by atoms with Gasteiger partial charge in [-0.2, -0.15) is 0 Å².